The quantitative estimate of drug-likeness (QED) is 0.902. The van der Waals surface area contributed by atoms with E-state index in [0.717, 1.165) is 47.5 Å². The molecule has 0 unspecified atom stereocenters. The summed E-state index contributed by atoms with van der Waals surface area (Å²) < 4.78 is 6.88. The van der Waals surface area contributed by atoms with E-state index in [1.165, 1.54) is 11.1 Å². The summed E-state index contributed by atoms with van der Waals surface area (Å²) in [7, 11) is 0. The molecule has 2 aromatic rings. The maximum absolute atomic E-state index is 8.36. The summed E-state index contributed by atoms with van der Waals surface area (Å²) in [5.41, 5.74) is 4.71. The van der Waals surface area contributed by atoms with Gasteiger partial charge in [0.2, 0.25) is 0 Å². The van der Waals surface area contributed by atoms with Crippen molar-refractivity contribution in [3.63, 3.8) is 0 Å². The maximum atomic E-state index is 8.36. The molecule has 1 N–H and O–H groups in total. The van der Waals surface area contributed by atoms with Crippen LogP contribution in [0, 0.1) is 5.41 Å². The fraction of sp³-hybridized carbons (Fsp3) is 0.235. The standard InChI is InChI=1S/C17H15BrN2O/c18-14-7-11-5-6-21-16(11)13(8-14)10-20-9-12-3-1-2-4-15(12)17(20)19/h1-4,7-8,19H,5-6,9-10H2. The Morgan fingerprint density at radius 2 is 2.05 bits per heavy atom. The van der Waals surface area contributed by atoms with Crippen molar-refractivity contribution in [3.05, 3.63) is 63.1 Å². The first-order chi connectivity index (χ1) is 10.2. The van der Waals surface area contributed by atoms with Crippen LogP contribution in [0.3, 0.4) is 0 Å². The Labute approximate surface area is 132 Å². The van der Waals surface area contributed by atoms with Crippen molar-refractivity contribution in [2.45, 2.75) is 19.5 Å². The molecule has 2 aliphatic heterocycles. The van der Waals surface area contributed by atoms with E-state index in [2.05, 4.69) is 39.0 Å². The van der Waals surface area contributed by atoms with Gasteiger partial charge < -0.3 is 9.64 Å². The molecule has 0 fully saturated rings. The Bertz CT molecular complexity index is 742. The molecule has 4 rings (SSSR count). The van der Waals surface area contributed by atoms with Crippen LogP contribution >= 0.6 is 15.9 Å². The van der Waals surface area contributed by atoms with Gasteiger partial charge in [0, 0.05) is 35.1 Å². The Hall–Kier alpha value is -1.81. The predicted molar refractivity (Wildman–Crippen MR) is 85.9 cm³/mol. The highest BCUT2D eigenvalue weighted by molar-refractivity contribution is 9.10. The van der Waals surface area contributed by atoms with Gasteiger partial charge in [-0.3, -0.25) is 5.41 Å². The molecule has 106 valence electrons. The number of halogens is 1. The third-order valence-electron chi connectivity index (χ3n) is 4.14. The minimum Gasteiger partial charge on any atom is -0.493 e. The lowest BCUT2D eigenvalue weighted by atomic mass is 10.1. The van der Waals surface area contributed by atoms with Crippen LogP contribution in [0.25, 0.3) is 0 Å². The summed E-state index contributed by atoms with van der Waals surface area (Å²) in [5, 5.41) is 8.36. The molecule has 0 saturated carbocycles. The van der Waals surface area contributed by atoms with Gasteiger partial charge in [-0.2, -0.15) is 0 Å². The minimum absolute atomic E-state index is 0.609. The summed E-state index contributed by atoms with van der Waals surface area (Å²) in [5.74, 6) is 1.62. The summed E-state index contributed by atoms with van der Waals surface area (Å²) >= 11 is 3.58. The average molecular weight is 343 g/mol. The van der Waals surface area contributed by atoms with Gasteiger partial charge in [0.1, 0.15) is 11.6 Å². The maximum Gasteiger partial charge on any atom is 0.129 e. The summed E-state index contributed by atoms with van der Waals surface area (Å²) in [4.78, 5) is 2.11. The third-order valence-corrected chi connectivity index (χ3v) is 4.59. The molecule has 2 aromatic carbocycles. The van der Waals surface area contributed by atoms with Crippen LogP contribution in [0.5, 0.6) is 5.75 Å². The highest BCUT2D eigenvalue weighted by Crippen LogP contribution is 2.35. The van der Waals surface area contributed by atoms with Gasteiger partial charge in [0.25, 0.3) is 0 Å². The third kappa shape index (κ3) is 2.14. The van der Waals surface area contributed by atoms with Crippen molar-refractivity contribution < 1.29 is 4.74 Å². The number of fused-ring (bicyclic) bond motifs is 2. The van der Waals surface area contributed by atoms with Crippen molar-refractivity contribution in [2.24, 2.45) is 0 Å². The van der Waals surface area contributed by atoms with Crippen LogP contribution in [0.4, 0.5) is 0 Å². The van der Waals surface area contributed by atoms with Gasteiger partial charge in [-0.1, -0.05) is 40.2 Å². The second-order valence-electron chi connectivity index (χ2n) is 5.51. The largest absolute Gasteiger partial charge is 0.493 e. The lowest BCUT2D eigenvalue weighted by molar-refractivity contribution is 0.343. The Kier molecular flexibility index (Phi) is 3.00. The van der Waals surface area contributed by atoms with Crippen LogP contribution in [0.15, 0.2) is 40.9 Å². The zero-order valence-electron chi connectivity index (χ0n) is 11.5. The number of hydrogen-bond acceptors (Lipinski definition) is 2. The Morgan fingerprint density at radius 3 is 2.90 bits per heavy atom. The van der Waals surface area contributed by atoms with Crippen LogP contribution in [-0.2, 0) is 19.5 Å². The fourth-order valence-electron chi connectivity index (χ4n) is 3.15. The monoisotopic (exact) mass is 342 g/mol. The number of nitrogens with one attached hydrogen (secondary N) is 1. The van der Waals surface area contributed by atoms with E-state index in [-0.39, 0.29) is 0 Å². The normalized spacial score (nSPS) is 15.9. The molecule has 0 aromatic heterocycles. The fourth-order valence-corrected chi connectivity index (χ4v) is 3.70. The van der Waals surface area contributed by atoms with E-state index in [4.69, 9.17) is 10.1 Å². The van der Waals surface area contributed by atoms with Gasteiger partial charge in [0.15, 0.2) is 0 Å². The summed E-state index contributed by atoms with van der Waals surface area (Å²) in [6.45, 7) is 2.28. The number of amidine groups is 1. The average Bonchev–Trinajstić information content (AvgIpc) is 3.05. The van der Waals surface area contributed by atoms with Gasteiger partial charge >= 0.3 is 0 Å². The van der Waals surface area contributed by atoms with Gasteiger partial charge in [0.05, 0.1) is 6.61 Å². The zero-order valence-corrected chi connectivity index (χ0v) is 13.1. The second kappa shape index (κ2) is 4.88. The first kappa shape index (κ1) is 12.9. The summed E-state index contributed by atoms with van der Waals surface area (Å²) in [6.07, 6.45) is 0.972. The van der Waals surface area contributed by atoms with Crippen molar-refractivity contribution in [1.29, 1.82) is 5.41 Å². The van der Waals surface area contributed by atoms with E-state index >= 15 is 0 Å². The number of benzene rings is 2. The first-order valence-electron chi connectivity index (χ1n) is 7.08. The molecular weight excluding hydrogens is 328 g/mol. The number of ether oxygens (including phenoxy) is 1. The van der Waals surface area contributed by atoms with Gasteiger partial charge in [-0.05, 0) is 23.3 Å². The van der Waals surface area contributed by atoms with Crippen molar-refractivity contribution in [3.8, 4) is 5.75 Å². The summed E-state index contributed by atoms with van der Waals surface area (Å²) in [6, 6.07) is 12.4. The highest BCUT2D eigenvalue weighted by atomic mass is 79.9. The van der Waals surface area contributed by atoms with Crippen LogP contribution in [0.1, 0.15) is 22.3 Å². The molecule has 0 spiro atoms. The van der Waals surface area contributed by atoms with Crippen molar-refractivity contribution in [2.75, 3.05) is 6.61 Å². The molecule has 2 heterocycles. The molecule has 0 aliphatic carbocycles. The smallest absolute Gasteiger partial charge is 0.129 e. The van der Waals surface area contributed by atoms with Crippen molar-refractivity contribution >= 4 is 21.8 Å². The topological polar surface area (TPSA) is 36.3 Å². The van der Waals surface area contributed by atoms with Gasteiger partial charge in [-0.25, -0.2) is 0 Å². The van der Waals surface area contributed by atoms with Crippen LogP contribution in [0.2, 0.25) is 0 Å². The number of rotatable bonds is 2. The molecule has 2 aliphatic rings. The second-order valence-corrected chi connectivity index (χ2v) is 6.43. The molecule has 0 bridgehead atoms. The lowest BCUT2D eigenvalue weighted by Crippen LogP contribution is -2.23. The molecule has 3 nitrogen and oxygen atoms in total. The number of nitrogens with zero attached hydrogens (tertiary/aromatic N) is 1. The van der Waals surface area contributed by atoms with E-state index in [9.17, 15) is 0 Å². The molecular formula is C17H15BrN2O. The SMILES string of the molecule is N=C1c2ccccc2CN1Cc1cc(Br)cc2c1OCC2. The molecule has 4 heteroatoms. The predicted octanol–water partition coefficient (Wildman–Crippen LogP) is 3.73. The Morgan fingerprint density at radius 1 is 1.19 bits per heavy atom. The lowest BCUT2D eigenvalue weighted by Gasteiger charge is -2.19. The number of hydrogen-bond donors (Lipinski definition) is 1. The Balaban J connectivity index is 1.66. The highest BCUT2D eigenvalue weighted by Gasteiger charge is 2.26. The van der Waals surface area contributed by atoms with Gasteiger partial charge in [-0.15, -0.1) is 0 Å². The first-order valence-corrected chi connectivity index (χ1v) is 7.87. The molecule has 21 heavy (non-hydrogen) atoms. The van der Waals surface area contributed by atoms with E-state index in [1.54, 1.807) is 0 Å². The van der Waals surface area contributed by atoms with E-state index < -0.39 is 0 Å². The molecule has 0 atom stereocenters. The minimum atomic E-state index is 0.609. The molecule has 0 saturated heterocycles. The van der Waals surface area contributed by atoms with Crippen LogP contribution in [-0.4, -0.2) is 17.3 Å². The van der Waals surface area contributed by atoms with Crippen LogP contribution < -0.4 is 4.74 Å². The zero-order chi connectivity index (χ0) is 14.4. The van der Waals surface area contributed by atoms with E-state index in [1.807, 2.05) is 18.2 Å². The molecule has 0 radical (unpaired) electrons. The van der Waals surface area contributed by atoms with E-state index in [0.29, 0.717) is 5.84 Å². The molecule has 0 amide bonds. The van der Waals surface area contributed by atoms with Crippen molar-refractivity contribution in [1.82, 2.24) is 4.90 Å².